The van der Waals surface area contributed by atoms with Crippen molar-refractivity contribution in [2.75, 3.05) is 0 Å². The molecule has 1 heterocycles. The molecule has 5 heteroatoms. The first-order valence-electron chi connectivity index (χ1n) is 6.99. The summed E-state index contributed by atoms with van der Waals surface area (Å²) in [5.41, 5.74) is 5.39. The van der Waals surface area contributed by atoms with Crippen LogP contribution in [0.25, 0.3) is 16.9 Å². The van der Waals surface area contributed by atoms with E-state index in [0.29, 0.717) is 10.7 Å². The van der Waals surface area contributed by atoms with E-state index in [2.05, 4.69) is 10.3 Å². The third-order valence-electron chi connectivity index (χ3n) is 3.60. The molecule has 3 aromatic rings. The van der Waals surface area contributed by atoms with Crippen LogP contribution in [-0.4, -0.2) is 20.1 Å². The number of aliphatic hydroxyl groups is 1. The molecule has 0 aliphatic heterocycles. The van der Waals surface area contributed by atoms with Gasteiger partial charge in [0.15, 0.2) is 0 Å². The van der Waals surface area contributed by atoms with Gasteiger partial charge in [0.25, 0.3) is 0 Å². The Morgan fingerprint density at radius 1 is 1.09 bits per heavy atom. The fourth-order valence-electron chi connectivity index (χ4n) is 2.45. The molecule has 0 spiro atoms. The number of hydrogen-bond donors (Lipinski definition) is 1. The lowest BCUT2D eigenvalue weighted by atomic mass is 10.1. The molecule has 112 valence electrons. The third-order valence-corrected chi connectivity index (χ3v) is 3.84. The largest absolute Gasteiger partial charge is 0.390 e. The smallest absolute Gasteiger partial charge is 0.117 e. The average Bonchev–Trinajstić information content (AvgIpc) is 2.92. The van der Waals surface area contributed by atoms with Gasteiger partial charge in [-0.25, -0.2) is 4.68 Å². The van der Waals surface area contributed by atoms with E-state index in [1.807, 2.05) is 56.3 Å². The van der Waals surface area contributed by atoms with Crippen LogP contribution in [0.3, 0.4) is 0 Å². The maximum absolute atomic E-state index is 9.57. The quantitative estimate of drug-likeness (QED) is 0.802. The number of nitrogens with zero attached hydrogens (tertiary/aromatic N) is 3. The Morgan fingerprint density at radius 3 is 2.45 bits per heavy atom. The number of halogens is 1. The van der Waals surface area contributed by atoms with Gasteiger partial charge >= 0.3 is 0 Å². The van der Waals surface area contributed by atoms with Gasteiger partial charge in [-0.05, 0) is 37.6 Å². The predicted octanol–water partition coefficient (Wildman–Crippen LogP) is 3.70. The van der Waals surface area contributed by atoms with E-state index in [0.717, 1.165) is 22.5 Å². The minimum absolute atomic E-state index is 0.157. The molecule has 0 aliphatic rings. The molecule has 2 aromatic carbocycles. The topological polar surface area (TPSA) is 50.9 Å². The van der Waals surface area contributed by atoms with Crippen LogP contribution < -0.4 is 0 Å². The molecule has 0 atom stereocenters. The zero-order chi connectivity index (χ0) is 15.7. The fraction of sp³-hybridized carbons (Fsp3) is 0.176. The van der Waals surface area contributed by atoms with E-state index in [1.54, 1.807) is 4.68 Å². The van der Waals surface area contributed by atoms with Gasteiger partial charge in [0.1, 0.15) is 11.4 Å². The van der Waals surface area contributed by atoms with Crippen molar-refractivity contribution in [3.63, 3.8) is 0 Å². The summed E-state index contributed by atoms with van der Waals surface area (Å²) in [6.07, 6.45) is 0. The lowest BCUT2D eigenvalue weighted by Crippen LogP contribution is -2.02. The van der Waals surface area contributed by atoms with Gasteiger partial charge in [-0.1, -0.05) is 46.6 Å². The van der Waals surface area contributed by atoms with Gasteiger partial charge in [-0.15, -0.1) is 5.10 Å². The summed E-state index contributed by atoms with van der Waals surface area (Å²) in [7, 11) is 0. The number of benzene rings is 2. The average molecular weight is 314 g/mol. The van der Waals surface area contributed by atoms with Crippen molar-refractivity contribution in [3.8, 4) is 16.9 Å². The Bertz CT molecular complexity index is 809. The zero-order valence-electron chi connectivity index (χ0n) is 12.4. The molecule has 22 heavy (non-hydrogen) atoms. The predicted molar refractivity (Wildman–Crippen MR) is 87.2 cm³/mol. The number of aryl methyl sites for hydroxylation is 2. The molecule has 0 radical (unpaired) electrons. The van der Waals surface area contributed by atoms with Crippen LogP contribution in [0.1, 0.15) is 16.8 Å². The van der Waals surface area contributed by atoms with E-state index in [1.165, 1.54) is 5.56 Å². The normalized spacial score (nSPS) is 10.9. The Labute approximate surface area is 134 Å². The van der Waals surface area contributed by atoms with Gasteiger partial charge < -0.3 is 5.11 Å². The van der Waals surface area contributed by atoms with Crippen LogP contribution in [0, 0.1) is 13.8 Å². The monoisotopic (exact) mass is 313 g/mol. The van der Waals surface area contributed by atoms with Crippen LogP contribution in [-0.2, 0) is 6.61 Å². The van der Waals surface area contributed by atoms with Gasteiger partial charge in [0.2, 0.25) is 0 Å². The Morgan fingerprint density at radius 2 is 1.82 bits per heavy atom. The van der Waals surface area contributed by atoms with E-state index in [-0.39, 0.29) is 6.61 Å². The number of aliphatic hydroxyl groups excluding tert-OH is 1. The molecule has 4 nitrogen and oxygen atoms in total. The molecule has 0 saturated heterocycles. The molecule has 0 unspecified atom stereocenters. The van der Waals surface area contributed by atoms with Crippen molar-refractivity contribution < 1.29 is 5.11 Å². The van der Waals surface area contributed by atoms with Crippen LogP contribution in [0.2, 0.25) is 5.02 Å². The molecule has 0 aliphatic carbocycles. The SMILES string of the molecule is Cc1ccc(-c2c(CO)nnn2-c2ccc(Cl)cc2C)cc1. The summed E-state index contributed by atoms with van der Waals surface area (Å²) >= 11 is 6.03. The van der Waals surface area contributed by atoms with Crippen molar-refractivity contribution in [2.24, 2.45) is 0 Å². The Hall–Kier alpha value is -2.17. The maximum atomic E-state index is 9.57. The minimum atomic E-state index is -0.157. The maximum Gasteiger partial charge on any atom is 0.117 e. The highest BCUT2D eigenvalue weighted by atomic mass is 35.5. The van der Waals surface area contributed by atoms with Gasteiger partial charge in [-0.2, -0.15) is 0 Å². The van der Waals surface area contributed by atoms with Crippen molar-refractivity contribution in [1.29, 1.82) is 0 Å². The van der Waals surface area contributed by atoms with E-state index >= 15 is 0 Å². The molecular formula is C17H16ClN3O. The summed E-state index contributed by atoms with van der Waals surface area (Å²) in [5.74, 6) is 0. The van der Waals surface area contributed by atoms with Crippen molar-refractivity contribution in [2.45, 2.75) is 20.5 Å². The van der Waals surface area contributed by atoms with Gasteiger partial charge in [0, 0.05) is 10.6 Å². The van der Waals surface area contributed by atoms with Crippen molar-refractivity contribution in [3.05, 3.63) is 64.3 Å². The van der Waals surface area contributed by atoms with E-state index in [9.17, 15) is 5.11 Å². The summed E-state index contributed by atoms with van der Waals surface area (Å²) in [6, 6.07) is 13.7. The van der Waals surface area contributed by atoms with Crippen LogP contribution in [0.5, 0.6) is 0 Å². The molecule has 0 bridgehead atoms. The second kappa shape index (κ2) is 5.91. The van der Waals surface area contributed by atoms with Gasteiger partial charge in [0.05, 0.1) is 12.3 Å². The van der Waals surface area contributed by atoms with Gasteiger partial charge in [-0.3, -0.25) is 0 Å². The number of hydrogen-bond acceptors (Lipinski definition) is 3. The molecular weight excluding hydrogens is 298 g/mol. The van der Waals surface area contributed by atoms with Crippen molar-refractivity contribution in [1.82, 2.24) is 15.0 Å². The highest BCUT2D eigenvalue weighted by Gasteiger charge is 2.16. The second-order valence-corrected chi connectivity index (χ2v) is 5.69. The first-order chi connectivity index (χ1) is 10.6. The standard InChI is InChI=1S/C17H16ClN3O/c1-11-3-5-13(6-4-11)17-15(10-22)19-20-21(17)16-8-7-14(18)9-12(16)2/h3-9,22H,10H2,1-2H3. The zero-order valence-corrected chi connectivity index (χ0v) is 13.2. The molecule has 3 rings (SSSR count). The Kier molecular flexibility index (Phi) is 3.96. The third kappa shape index (κ3) is 2.63. The van der Waals surface area contributed by atoms with Crippen LogP contribution >= 0.6 is 11.6 Å². The molecule has 0 fully saturated rings. The van der Waals surface area contributed by atoms with Crippen LogP contribution in [0.4, 0.5) is 0 Å². The molecule has 1 N–H and O–H groups in total. The molecule has 1 aromatic heterocycles. The highest BCUT2D eigenvalue weighted by Crippen LogP contribution is 2.28. The van der Waals surface area contributed by atoms with Crippen molar-refractivity contribution >= 4 is 11.6 Å². The number of rotatable bonds is 3. The summed E-state index contributed by atoms with van der Waals surface area (Å²) in [5, 5.41) is 18.6. The fourth-order valence-corrected chi connectivity index (χ4v) is 2.67. The lowest BCUT2D eigenvalue weighted by molar-refractivity contribution is 0.277. The first kappa shape index (κ1) is 14.8. The second-order valence-electron chi connectivity index (χ2n) is 5.25. The lowest BCUT2D eigenvalue weighted by Gasteiger charge is -2.11. The summed E-state index contributed by atoms with van der Waals surface area (Å²) in [4.78, 5) is 0. The van der Waals surface area contributed by atoms with E-state index in [4.69, 9.17) is 11.6 Å². The van der Waals surface area contributed by atoms with E-state index < -0.39 is 0 Å². The van der Waals surface area contributed by atoms with Crippen LogP contribution in [0.15, 0.2) is 42.5 Å². The molecule has 0 saturated carbocycles. The summed E-state index contributed by atoms with van der Waals surface area (Å²) in [6.45, 7) is 3.85. The number of aromatic nitrogens is 3. The molecule has 0 amide bonds. The minimum Gasteiger partial charge on any atom is -0.390 e. The highest BCUT2D eigenvalue weighted by molar-refractivity contribution is 6.30. The Balaban J connectivity index is 2.21. The summed E-state index contributed by atoms with van der Waals surface area (Å²) < 4.78 is 1.75. The first-order valence-corrected chi connectivity index (χ1v) is 7.37.